The summed E-state index contributed by atoms with van der Waals surface area (Å²) in [5.74, 6) is 0.575. The Morgan fingerprint density at radius 3 is 2.92 bits per heavy atom. The van der Waals surface area contributed by atoms with Gasteiger partial charge in [0.1, 0.15) is 11.6 Å². The number of phenolic OH excluding ortho intramolecular Hbond substituents is 1. The Morgan fingerprint density at radius 1 is 1.54 bits per heavy atom. The van der Waals surface area contributed by atoms with Crippen molar-refractivity contribution in [2.45, 2.75) is 12.3 Å². The predicted molar refractivity (Wildman–Crippen MR) is 48.0 cm³/mol. The molecule has 1 saturated carbocycles. The van der Waals surface area contributed by atoms with Gasteiger partial charge in [-0.1, -0.05) is 0 Å². The van der Waals surface area contributed by atoms with Crippen molar-refractivity contribution in [2.75, 3.05) is 6.54 Å². The van der Waals surface area contributed by atoms with Crippen LogP contribution in [0.5, 0.6) is 5.75 Å². The van der Waals surface area contributed by atoms with Gasteiger partial charge >= 0.3 is 0 Å². The van der Waals surface area contributed by atoms with E-state index in [4.69, 9.17) is 5.73 Å². The molecule has 1 aliphatic rings. The third kappa shape index (κ3) is 1.52. The van der Waals surface area contributed by atoms with Crippen LogP contribution in [0.1, 0.15) is 17.9 Å². The third-order valence-corrected chi connectivity index (χ3v) is 2.61. The lowest BCUT2D eigenvalue weighted by atomic mass is 10.1. The quantitative estimate of drug-likeness (QED) is 0.727. The van der Waals surface area contributed by atoms with Crippen molar-refractivity contribution >= 4 is 0 Å². The molecule has 1 aliphatic carbocycles. The number of hydrogen-bond donors (Lipinski definition) is 2. The van der Waals surface area contributed by atoms with Gasteiger partial charge in [0.25, 0.3) is 0 Å². The molecule has 0 saturated heterocycles. The van der Waals surface area contributed by atoms with E-state index in [1.807, 2.05) is 0 Å². The minimum atomic E-state index is -0.296. The normalized spacial score (nSPS) is 26.0. The molecule has 1 aromatic carbocycles. The molecule has 0 aromatic heterocycles. The van der Waals surface area contributed by atoms with Gasteiger partial charge in [-0.05, 0) is 43.0 Å². The van der Waals surface area contributed by atoms with E-state index in [9.17, 15) is 9.50 Å². The molecule has 1 aromatic rings. The number of hydrogen-bond acceptors (Lipinski definition) is 2. The summed E-state index contributed by atoms with van der Waals surface area (Å²) in [6.07, 6.45) is 0.966. The summed E-state index contributed by atoms with van der Waals surface area (Å²) in [5, 5.41) is 9.45. The second-order valence-corrected chi connectivity index (χ2v) is 3.54. The number of rotatable bonds is 2. The lowest BCUT2D eigenvalue weighted by molar-refractivity contribution is 0.464. The van der Waals surface area contributed by atoms with Crippen LogP contribution in [0.4, 0.5) is 4.39 Å². The maximum absolute atomic E-state index is 12.8. The van der Waals surface area contributed by atoms with E-state index < -0.39 is 0 Å². The molecule has 0 unspecified atom stereocenters. The Bertz CT molecular complexity index is 327. The highest BCUT2D eigenvalue weighted by Crippen LogP contribution is 2.49. The molecule has 3 N–H and O–H groups in total. The first-order chi connectivity index (χ1) is 6.22. The zero-order chi connectivity index (χ0) is 9.42. The van der Waals surface area contributed by atoms with Gasteiger partial charge in [0.15, 0.2) is 0 Å². The standard InChI is InChI=1S/C10H12FNO/c11-7-1-2-10(13)9(4-7)8-3-6(8)5-12/h1-2,4,6,8,13H,3,5,12H2/t6-,8+/m0/s1. The average Bonchev–Trinajstić information content (AvgIpc) is 2.88. The lowest BCUT2D eigenvalue weighted by Gasteiger charge is -2.02. The summed E-state index contributed by atoms with van der Waals surface area (Å²) < 4.78 is 12.8. The van der Waals surface area contributed by atoms with E-state index in [1.165, 1.54) is 18.2 Å². The molecule has 3 heteroatoms. The SMILES string of the molecule is NC[C@@H]1C[C@H]1c1cc(F)ccc1O. The molecular formula is C10H12FNO. The van der Waals surface area contributed by atoms with Gasteiger partial charge in [-0.15, -0.1) is 0 Å². The van der Waals surface area contributed by atoms with Gasteiger partial charge in [0.2, 0.25) is 0 Å². The largest absolute Gasteiger partial charge is 0.508 e. The van der Waals surface area contributed by atoms with E-state index in [0.29, 0.717) is 18.0 Å². The van der Waals surface area contributed by atoms with Gasteiger partial charge in [0.05, 0.1) is 0 Å². The van der Waals surface area contributed by atoms with Crippen LogP contribution in [0.2, 0.25) is 0 Å². The van der Waals surface area contributed by atoms with E-state index in [-0.39, 0.29) is 17.5 Å². The monoisotopic (exact) mass is 181 g/mol. The van der Waals surface area contributed by atoms with Gasteiger partial charge in [-0.25, -0.2) is 4.39 Å². The molecule has 0 bridgehead atoms. The van der Waals surface area contributed by atoms with Gasteiger partial charge in [-0.2, -0.15) is 0 Å². The molecular weight excluding hydrogens is 169 g/mol. The van der Waals surface area contributed by atoms with Crippen LogP contribution in [0.15, 0.2) is 18.2 Å². The summed E-state index contributed by atoms with van der Waals surface area (Å²) in [4.78, 5) is 0. The zero-order valence-corrected chi connectivity index (χ0v) is 7.20. The summed E-state index contributed by atoms with van der Waals surface area (Å²) in [6.45, 7) is 0.612. The van der Waals surface area contributed by atoms with Gasteiger partial charge in [-0.3, -0.25) is 0 Å². The first-order valence-electron chi connectivity index (χ1n) is 4.41. The van der Waals surface area contributed by atoms with E-state index in [1.54, 1.807) is 0 Å². The number of nitrogens with two attached hydrogens (primary N) is 1. The van der Waals surface area contributed by atoms with Crippen LogP contribution in [-0.2, 0) is 0 Å². The molecule has 0 spiro atoms. The van der Waals surface area contributed by atoms with Crippen molar-refractivity contribution in [1.29, 1.82) is 0 Å². The van der Waals surface area contributed by atoms with Crippen molar-refractivity contribution in [1.82, 2.24) is 0 Å². The Morgan fingerprint density at radius 2 is 2.31 bits per heavy atom. The van der Waals surface area contributed by atoms with E-state index >= 15 is 0 Å². The summed E-state index contributed by atoms with van der Waals surface area (Å²) in [7, 11) is 0. The summed E-state index contributed by atoms with van der Waals surface area (Å²) in [6, 6.07) is 4.06. The molecule has 1 fully saturated rings. The van der Waals surface area contributed by atoms with Gasteiger partial charge in [0, 0.05) is 5.56 Å². The highest BCUT2D eigenvalue weighted by Gasteiger charge is 2.38. The van der Waals surface area contributed by atoms with Gasteiger partial charge < -0.3 is 10.8 Å². The number of aromatic hydroxyl groups is 1. The molecule has 0 aliphatic heterocycles. The minimum absolute atomic E-state index is 0.183. The lowest BCUT2D eigenvalue weighted by Crippen LogP contribution is -2.02. The van der Waals surface area contributed by atoms with Crippen LogP contribution in [-0.4, -0.2) is 11.7 Å². The van der Waals surface area contributed by atoms with Crippen LogP contribution < -0.4 is 5.73 Å². The average molecular weight is 181 g/mol. The van der Waals surface area contributed by atoms with Crippen molar-refractivity contribution in [2.24, 2.45) is 11.7 Å². The Kier molecular flexibility index (Phi) is 1.96. The second-order valence-electron chi connectivity index (χ2n) is 3.54. The minimum Gasteiger partial charge on any atom is -0.508 e. The van der Waals surface area contributed by atoms with E-state index in [2.05, 4.69) is 0 Å². The Balaban J connectivity index is 2.25. The summed E-state index contributed by atoms with van der Waals surface area (Å²) >= 11 is 0. The molecule has 2 atom stereocenters. The maximum atomic E-state index is 12.8. The molecule has 0 heterocycles. The van der Waals surface area contributed by atoms with Crippen molar-refractivity contribution in [3.63, 3.8) is 0 Å². The Labute approximate surface area is 76.2 Å². The molecule has 0 radical (unpaired) electrons. The topological polar surface area (TPSA) is 46.2 Å². The number of phenols is 1. The third-order valence-electron chi connectivity index (χ3n) is 2.61. The molecule has 0 amide bonds. The highest BCUT2D eigenvalue weighted by molar-refractivity contribution is 5.39. The fourth-order valence-electron chi connectivity index (χ4n) is 1.71. The first-order valence-corrected chi connectivity index (χ1v) is 4.41. The molecule has 70 valence electrons. The molecule has 2 rings (SSSR count). The van der Waals surface area contributed by atoms with Crippen LogP contribution in [0, 0.1) is 11.7 Å². The van der Waals surface area contributed by atoms with Crippen LogP contribution >= 0.6 is 0 Å². The predicted octanol–water partition coefficient (Wildman–Crippen LogP) is 1.59. The maximum Gasteiger partial charge on any atom is 0.123 e. The first kappa shape index (κ1) is 8.51. The van der Waals surface area contributed by atoms with Crippen molar-refractivity contribution < 1.29 is 9.50 Å². The molecule has 2 nitrogen and oxygen atoms in total. The molecule has 13 heavy (non-hydrogen) atoms. The van der Waals surface area contributed by atoms with E-state index in [0.717, 1.165) is 6.42 Å². The number of halogens is 1. The van der Waals surface area contributed by atoms with Crippen LogP contribution in [0.3, 0.4) is 0 Å². The number of benzene rings is 1. The fraction of sp³-hybridized carbons (Fsp3) is 0.400. The zero-order valence-electron chi connectivity index (χ0n) is 7.20. The van der Waals surface area contributed by atoms with Crippen molar-refractivity contribution in [3.8, 4) is 5.75 Å². The van der Waals surface area contributed by atoms with Crippen LogP contribution in [0.25, 0.3) is 0 Å². The second kappa shape index (κ2) is 3.00. The fourth-order valence-corrected chi connectivity index (χ4v) is 1.71. The van der Waals surface area contributed by atoms with Crippen molar-refractivity contribution in [3.05, 3.63) is 29.6 Å². The Hall–Kier alpha value is -1.09. The smallest absolute Gasteiger partial charge is 0.123 e. The highest BCUT2D eigenvalue weighted by atomic mass is 19.1. The summed E-state index contributed by atoms with van der Waals surface area (Å²) in [5.41, 5.74) is 6.18.